The summed E-state index contributed by atoms with van der Waals surface area (Å²) in [5.41, 5.74) is 0.582. The van der Waals surface area contributed by atoms with Gasteiger partial charge in [0.25, 0.3) is 5.22 Å². The van der Waals surface area contributed by atoms with Gasteiger partial charge in [-0.3, -0.25) is 0 Å². The van der Waals surface area contributed by atoms with Crippen LogP contribution in [0.2, 0.25) is 0 Å². The molecule has 0 saturated heterocycles. The van der Waals surface area contributed by atoms with Crippen LogP contribution in [0.3, 0.4) is 0 Å². The van der Waals surface area contributed by atoms with Crippen molar-refractivity contribution in [2.45, 2.75) is 57.9 Å². The van der Waals surface area contributed by atoms with E-state index in [2.05, 4.69) is 34.6 Å². The van der Waals surface area contributed by atoms with Crippen LogP contribution in [0.5, 0.6) is 0 Å². The number of nitrogens with one attached hydrogen (secondary N) is 1. The van der Waals surface area contributed by atoms with E-state index >= 15 is 0 Å². The van der Waals surface area contributed by atoms with Gasteiger partial charge in [0.15, 0.2) is 0 Å². The lowest BCUT2D eigenvalue weighted by Crippen LogP contribution is -2.37. The molecule has 0 aliphatic carbocycles. The average molecular weight is 404 g/mol. The van der Waals surface area contributed by atoms with Crippen molar-refractivity contribution in [2.75, 3.05) is 5.75 Å². The predicted octanol–water partition coefficient (Wildman–Crippen LogP) is 5.49. The minimum absolute atomic E-state index is 0.129. The number of hydrogen-bond acceptors (Lipinski definition) is 6. The first-order valence-electron chi connectivity index (χ1n) is 9.45. The van der Waals surface area contributed by atoms with Gasteiger partial charge in [-0.1, -0.05) is 74.5 Å². The minimum atomic E-state index is -0.564. The summed E-state index contributed by atoms with van der Waals surface area (Å²) in [4.78, 5) is 12.2. The first-order chi connectivity index (χ1) is 13.3. The lowest BCUT2D eigenvalue weighted by Gasteiger charge is -2.24. The van der Waals surface area contributed by atoms with Gasteiger partial charge in [0.2, 0.25) is 5.89 Å². The molecule has 1 amide bonds. The Kier molecular flexibility index (Phi) is 8.11. The molecule has 2 rings (SSSR count). The van der Waals surface area contributed by atoms with Gasteiger partial charge in [0.05, 0.1) is 0 Å². The van der Waals surface area contributed by atoms with Crippen molar-refractivity contribution >= 4 is 23.9 Å². The summed E-state index contributed by atoms with van der Waals surface area (Å²) >= 11 is 1.46. The lowest BCUT2D eigenvalue weighted by atomic mass is 9.99. The zero-order chi connectivity index (χ0) is 20.6. The van der Waals surface area contributed by atoms with Gasteiger partial charge < -0.3 is 14.5 Å². The Morgan fingerprint density at radius 3 is 2.64 bits per heavy atom. The van der Waals surface area contributed by atoms with E-state index < -0.39 is 11.7 Å². The molecule has 0 saturated carbocycles. The van der Waals surface area contributed by atoms with E-state index in [1.165, 1.54) is 11.8 Å². The second-order valence-corrected chi connectivity index (χ2v) is 8.51. The Morgan fingerprint density at radius 2 is 2.00 bits per heavy atom. The Morgan fingerprint density at radius 1 is 1.29 bits per heavy atom. The molecule has 0 spiro atoms. The van der Waals surface area contributed by atoms with Gasteiger partial charge in [-0.25, -0.2) is 4.79 Å². The number of amides is 1. The molecular formula is C21H29N3O3S. The molecule has 0 aliphatic heterocycles. The maximum atomic E-state index is 12.2. The van der Waals surface area contributed by atoms with Crippen LogP contribution in [0.15, 0.2) is 46.0 Å². The summed E-state index contributed by atoms with van der Waals surface area (Å²) < 4.78 is 11.1. The number of ether oxygens (including phenoxy) is 1. The van der Waals surface area contributed by atoms with Crippen LogP contribution in [0, 0.1) is 5.92 Å². The second kappa shape index (κ2) is 10.3. The highest BCUT2D eigenvalue weighted by atomic mass is 32.2. The molecule has 0 unspecified atom stereocenters. The molecule has 0 radical (unpaired) electrons. The predicted molar refractivity (Wildman–Crippen MR) is 112 cm³/mol. The van der Waals surface area contributed by atoms with Crippen molar-refractivity contribution in [3.63, 3.8) is 0 Å². The van der Waals surface area contributed by atoms with Crippen LogP contribution in [0.25, 0.3) is 6.08 Å². The molecule has 0 aliphatic rings. The van der Waals surface area contributed by atoms with E-state index in [0.29, 0.717) is 16.9 Å². The highest BCUT2D eigenvalue weighted by molar-refractivity contribution is 7.99. The monoisotopic (exact) mass is 403 g/mol. The molecule has 6 nitrogen and oxygen atoms in total. The van der Waals surface area contributed by atoms with Gasteiger partial charge >= 0.3 is 6.09 Å². The van der Waals surface area contributed by atoms with Crippen molar-refractivity contribution in [3.05, 3.63) is 47.9 Å². The fourth-order valence-electron chi connectivity index (χ4n) is 2.39. The van der Waals surface area contributed by atoms with Gasteiger partial charge in [-0.05, 0) is 32.3 Å². The van der Waals surface area contributed by atoms with Crippen molar-refractivity contribution in [2.24, 2.45) is 5.92 Å². The van der Waals surface area contributed by atoms with Gasteiger partial charge in [0, 0.05) is 5.75 Å². The molecule has 1 N–H and O–H groups in total. The molecule has 1 heterocycles. The van der Waals surface area contributed by atoms with Crippen LogP contribution in [-0.2, 0) is 4.74 Å². The standard InChI is InChI=1S/C21H29N3O3S/c1-6-15(2)17(22-19(25)27-21(3,4)5)18-23-24-20(26-18)28-14-10-13-16-11-8-7-9-12-16/h7-13,15,17H,6,14H2,1-5H3,(H,22,25)/b13-10+/t15-,17-/m0/s1. The maximum absolute atomic E-state index is 12.2. The SMILES string of the molecule is CC[C@H](C)[C@H](NC(=O)OC(C)(C)C)c1nnc(SC/C=C/c2ccccc2)o1. The first-order valence-corrected chi connectivity index (χ1v) is 10.4. The van der Waals surface area contributed by atoms with Crippen molar-refractivity contribution in [3.8, 4) is 0 Å². The van der Waals surface area contributed by atoms with Crippen molar-refractivity contribution in [1.82, 2.24) is 15.5 Å². The molecule has 152 valence electrons. The van der Waals surface area contributed by atoms with E-state index in [4.69, 9.17) is 9.15 Å². The van der Waals surface area contributed by atoms with Crippen LogP contribution in [0.1, 0.15) is 58.5 Å². The van der Waals surface area contributed by atoms with Crippen LogP contribution in [-0.4, -0.2) is 27.6 Å². The van der Waals surface area contributed by atoms with Crippen LogP contribution in [0.4, 0.5) is 4.79 Å². The number of thioether (sulfide) groups is 1. The average Bonchev–Trinajstić information content (AvgIpc) is 3.10. The van der Waals surface area contributed by atoms with E-state index in [1.54, 1.807) is 0 Å². The molecule has 2 aromatic rings. The van der Waals surface area contributed by atoms with Crippen LogP contribution < -0.4 is 5.32 Å². The molecule has 0 fully saturated rings. The van der Waals surface area contributed by atoms with Crippen LogP contribution >= 0.6 is 11.8 Å². The van der Waals surface area contributed by atoms with E-state index in [1.807, 2.05) is 58.0 Å². The maximum Gasteiger partial charge on any atom is 0.408 e. The highest BCUT2D eigenvalue weighted by Gasteiger charge is 2.28. The fourth-order valence-corrected chi connectivity index (χ4v) is 2.97. The Balaban J connectivity index is 1.97. The third-order valence-corrected chi connectivity index (χ3v) is 4.76. The van der Waals surface area contributed by atoms with E-state index in [9.17, 15) is 4.79 Å². The third kappa shape index (κ3) is 7.38. The number of hydrogen-bond donors (Lipinski definition) is 1. The second-order valence-electron chi connectivity index (χ2n) is 7.54. The number of aromatic nitrogens is 2. The van der Waals surface area contributed by atoms with E-state index in [0.717, 1.165) is 12.0 Å². The fraction of sp³-hybridized carbons (Fsp3) is 0.476. The normalized spacial score (nSPS) is 14.0. The summed E-state index contributed by atoms with van der Waals surface area (Å²) in [6.45, 7) is 9.57. The highest BCUT2D eigenvalue weighted by Crippen LogP contribution is 2.27. The number of rotatable bonds is 8. The number of carbonyl (C=O) groups is 1. The number of benzene rings is 1. The minimum Gasteiger partial charge on any atom is -0.444 e. The van der Waals surface area contributed by atoms with Gasteiger partial charge in [-0.15, -0.1) is 10.2 Å². The molecule has 7 heteroatoms. The van der Waals surface area contributed by atoms with Crippen molar-refractivity contribution in [1.29, 1.82) is 0 Å². The molecule has 2 atom stereocenters. The molecule has 28 heavy (non-hydrogen) atoms. The summed E-state index contributed by atoms with van der Waals surface area (Å²) in [6, 6.07) is 9.70. The summed E-state index contributed by atoms with van der Waals surface area (Å²) in [5, 5.41) is 11.6. The van der Waals surface area contributed by atoms with Crippen molar-refractivity contribution < 1.29 is 13.9 Å². The van der Waals surface area contributed by atoms with E-state index in [-0.39, 0.29) is 12.0 Å². The zero-order valence-electron chi connectivity index (χ0n) is 17.1. The quantitative estimate of drug-likeness (QED) is 0.588. The molecule has 1 aromatic heterocycles. The smallest absolute Gasteiger partial charge is 0.408 e. The number of nitrogens with zero attached hydrogens (tertiary/aromatic N) is 2. The number of alkyl carbamates (subject to hydrolysis) is 1. The Hall–Kier alpha value is -2.28. The third-order valence-electron chi connectivity index (χ3n) is 3.99. The molecular weight excluding hydrogens is 374 g/mol. The summed E-state index contributed by atoms with van der Waals surface area (Å²) in [6.07, 6.45) is 4.46. The summed E-state index contributed by atoms with van der Waals surface area (Å²) in [5.74, 6) is 1.24. The number of carbonyl (C=O) groups excluding carboxylic acids is 1. The topological polar surface area (TPSA) is 77.2 Å². The largest absolute Gasteiger partial charge is 0.444 e. The first kappa shape index (κ1) is 22.0. The molecule has 1 aromatic carbocycles. The summed E-state index contributed by atoms with van der Waals surface area (Å²) in [7, 11) is 0. The lowest BCUT2D eigenvalue weighted by molar-refractivity contribution is 0.0474. The molecule has 0 bridgehead atoms. The Labute approximate surface area is 171 Å². The van der Waals surface area contributed by atoms with Gasteiger partial charge in [-0.2, -0.15) is 0 Å². The Bertz CT molecular complexity index is 769. The van der Waals surface area contributed by atoms with Gasteiger partial charge in [0.1, 0.15) is 11.6 Å². The zero-order valence-corrected chi connectivity index (χ0v) is 18.0.